The molecule has 0 bridgehead atoms. The molecule has 0 aliphatic carbocycles. The number of fused-ring (bicyclic) bond motifs is 1. The highest BCUT2D eigenvalue weighted by Gasteiger charge is 2.13. The molecular weight excluding hydrogens is 318 g/mol. The molecule has 2 aromatic heterocycles. The average molecular weight is 331 g/mol. The van der Waals surface area contributed by atoms with E-state index in [0.717, 1.165) is 5.69 Å². The Labute approximate surface area is 141 Å². The fourth-order valence-corrected chi connectivity index (χ4v) is 2.72. The molecule has 2 heterocycles. The summed E-state index contributed by atoms with van der Waals surface area (Å²) in [5.41, 5.74) is 7.43. The van der Waals surface area contributed by atoms with Gasteiger partial charge in [-0.3, -0.25) is 9.59 Å². The Bertz CT molecular complexity index is 1150. The van der Waals surface area contributed by atoms with Gasteiger partial charge in [0, 0.05) is 5.56 Å². The number of hydrogen-bond donors (Lipinski definition) is 2. The number of aromatic nitrogens is 4. The van der Waals surface area contributed by atoms with E-state index in [1.807, 2.05) is 42.5 Å². The molecule has 0 atom stereocenters. The molecule has 7 nitrogen and oxygen atoms in total. The van der Waals surface area contributed by atoms with Gasteiger partial charge in [-0.25, -0.2) is 4.68 Å². The monoisotopic (exact) mass is 331 g/mol. The number of nitrogens with two attached hydrogens (primary N) is 1. The van der Waals surface area contributed by atoms with Crippen molar-refractivity contribution in [3.05, 3.63) is 76.7 Å². The van der Waals surface area contributed by atoms with Crippen LogP contribution in [0.15, 0.2) is 65.6 Å². The lowest BCUT2D eigenvalue weighted by Gasteiger charge is -2.05. The first-order valence-electron chi connectivity index (χ1n) is 7.57. The number of aromatic amines is 1. The van der Waals surface area contributed by atoms with Crippen LogP contribution in [-0.4, -0.2) is 25.9 Å². The zero-order valence-electron chi connectivity index (χ0n) is 13.0. The lowest BCUT2D eigenvalue weighted by molar-refractivity contribution is 0.0999. The molecule has 0 saturated heterocycles. The average Bonchev–Trinajstić information content (AvgIpc) is 3.11. The minimum atomic E-state index is -0.761. The first-order chi connectivity index (χ1) is 12.1. The molecule has 7 heteroatoms. The van der Waals surface area contributed by atoms with Gasteiger partial charge in [-0.15, -0.1) is 5.10 Å². The predicted molar refractivity (Wildman–Crippen MR) is 93.4 cm³/mol. The quantitative estimate of drug-likeness (QED) is 0.597. The molecule has 25 heavy (non-hydrogen) atoms. The lowest BCUT2D eigenvalue weighted by atomic mass is 10.1. The van der Waals surface area contributed by atoms with Crippen molar-refractivity contribution < 1.29 is 4.79 Å². The second-order valence-corrected chi connectivity index (χ2v) is 5.53. The number of benzene rings is 2. The van der Waals surface area contributed by atoms with Gasteiger partial charge in [-0.1, -0.05) is 41.6 Å². The molecule has 0 aliphatic rings. The zero-order valence-corrected chi connectivity index (χ0v) is 13.0. The van der Waals surface area contributed by atoms with Crippen molar-refractivity contribution in [1.82, 2.24) is 20.0 Å². The van der Waals surface area contributed by atoms with Gasteiger partial charge in [0.15, 0.2) is 0 Å². The summed E-state index contributed by atoms with van der Waals surface area (Å²) >= 11 is 0. The summed E-state index contributed by atoms with van der Waals surface area (Å²) in [7, 11) is 0. The van der Waals surface area contributed by atoms with Gasteiger partial charge in [-0.05, 0) is 23.6 Å². The van der Waals surface area contributed by atoms with Gasteiger partial charge in [0.1, 0.15) is 11.3 Å². The van der Waals surface area contributed by atoms with Gasteiger partial charge < -0.3 is 10.7 Å². The summed E-state index contributed by atoms with van der Waals surface area (Å²) < 4.78 is 1.66. The van der Waals surface area contributed by atoms with E-state index in [1.54, 1.807) is 16.9 Å². The van der Waals surface area contributed by atoms with Crippen molar-refractivity contribution in [3.63, 3.8) is 0 Å². The maximum absolute atomic E-state index is 12.1. The third-order valence-corrected chi connectivity index (χ3v) is 3.94. The van der Waals surface area contributed by atoms with Crippen LogP contribution in [-0.2, 0) is 0 Å². The van der Waals surface area contributed by atoms with Crippen LogP contribution in [0.3, 0.4) is 0 Å². The number of H-pyrrole nitrogens is 1. The van der Waals surface area contributed by atoms with Crippen LogP contribution in [0.4, 0.5) is 0 Å². The smallest absolute Gasteiger partial charge is 0.261 e. The third-order valence-electron chi connectivity index (χ3n) is 3.94. The third kappa shape index (κ3) is 2.57. The SMILES string of the molecule is NC(=O)c1cc2cccc(-c3cn(-c4ccccc4)nn3)c2[nH]c1=O. The first kappa shape index (κ1) is 14.8. The molecule has 0 saturated carbocycles. The molecule has 4 rings (SSSR count). The van der Waals surface area contributed by atoms with Gasteiger partial charge in [0.25, 0.3) is 11.5 Å². The maximum Gasteiger partial charge on any atom is 0.261 e. The summed E-state index contributed by atoms with van der Waals surface area (Å²) in [5.74, 6) is -0.761. The van der Waals surface area contributed by atoms with E-state index in [4.69, 9.17) is 5.73 Å². The van der Waals surface area contributed by atoms with Crippen LogP contribution in [0.25, 0.3) is 27.8 Å². The second kappa shape index (κ2) is 5.72. The first-order valence-corrected chi connectivity index (χ1v) is 7.57. The molecule has 0 radical (unpaired) electrons. The molecule has 0 unspecified atom stereocenters. The number of carbonyl (C=O) groups excluding carboxylic acids is 1. The minimum Gasteiger partial charge on any atom is -0.365 e. The second-order valence-electron chi connectivity index (χ2n) is 5.53. The summed E-state index contributed by atoms with van der Waals surface area (Å²) in [6.45, 7) is 0. The Hall–Kier alpha value is -3.74. The van der Waals surface area contributed by atoms with Gasteiger partial charge in [-0.2, -0.15) is 0 Å². The van der Waals surface area contributed by atoms with Gasteiger partial charge in [0.2, 0.25) is 0 Å². The van der Waals surface area contributed by atoms with Gasteiger partial charge >= 0.3 is 0 Å². The number of primary amides is 1. The molecule has 122 valence electrons. The highest BCUT2D eigenvalue weighted by atomic mass is 16.2. The number of para-hydroxylation sites is 2. The molecular formula is C18H13N5O2. The van der Waals surface area contributed by atoms with E-state index in [0.29, 0.717) is 22.2 Å². The van der Waals surface area contributed by atoms with Gasteiger partial charge in [0.05, 0.1) is 17.4 Å². The van der Waals surface area contributed by atoms with E-state index < -0.39 is 11.5 Å². The molecule has 4 aromatic rings. The molecule has 3 N–H and O–H groups in total. The van der Waals surface area contributed by atoms with E-state index in [9.17, 15) is 9.59 Å². The molecule has 1 amide bonds. The van der Waals surface area contributed by atoms with Crippen molar-refractivity contribution in [3.8, 4) is 16.9 Å². The standard InChI is InChI=1S/C18H13N5O2/c19-17(24)14-9-11-5-4-8-13(16(11)20-18(14)25)15-10-23(22-21-15)12-6-2-1-3-7-12/h1-10H,(H2,19,24)(H,20,25). The van der Waals surface area contributed by atoms with Crippen LogP contribution in [0.5, 0.6) is 0 Å². The minimum absolute atomic E-state index is 0.0717. The van der Waals surface area contributed by atoms with Crippen molar-refractivity contribution in [2.24, 2.45) is 5.73 Å². The Morgan fingerprint density at radius 3 is 2.64 bits per heavy atom. The molecule has 0 aliphatic heterocycles. The largest absolute Gasteiger partial charge is 0.365 e. The van der Waals surface area contributed by atoms with Crippen LogP contribution in [0.2, 0.25) is 0 Å². The fraction of sp³-hybridized carbons (Fsp3) is 0. The van der Waals surface area contributed by atoms with E-state index in [2.05, 4.69) is 15.3 Å². The summed E-state index contributed by atoms with van der Waals surface area (Å²) in [4.78, 5) is 26.2. The number of hydrogen-bond acceptors (Lipinski definition) is 4. The number of rotatable bonds is 3. The van der Waals surface area contributed by atoms with Crippen LogP contribution >= 0.6 is 0 Å². The maximum atomic E-state index is 12.1. The van der Waals surface area contributed by atoms with Crippen LogP contribution < -0.4 is 11.3 Å². The number of nitrogens with one attached hydrogen (secondary N) is 1. The summed E-state index contributed by atoms with van der Waals surface area (Å²) in [6.07, 6.45) is 1.78. The van der Waals surface area contributed by atoms with Crippen molar-refractivity contribution in [2.45, 2.75) is 0 Å². The Kier molecular flexibility index (Phi) is 3.39. The molecule has 0 spiro atoms. The van der Waals surface area contributed by atoms with Crippen molar-refractivity contribution >= 4 is 16.8 Å². The predicted octanol–water partition coefficient (Wildman–Crippen LogP) is 1.87. The highest BCUT2D eigenvalue weighted by molar-refractivity contribution is 5.99. The number of carbonyl (C=O) groups is 1. The number of pyridine rings is 1. The highest BCUT2D eigenvalue weighted by Crippen LogP contribution is 2.25. The summed E-state index contributed by atoms with van der Waals surface area (Å²) in [6, 6.07) is 16.5. The Morgan fingerprint density at radius 1 is 1.08 bits per heavy atom. The molecule has 2 aromatic carbocycles. The Balaban J connectivity index is 1.88. The van der Waals surface area contributed by atoms with Crippen LogP contribution in [0.1, 0.15) is 10.4 Å². The van der Waals surface area contributed by atoms with E-state index in [1.165, 1.54) is 6.07 Å². The lowest BCUT2D eigenvalue weighted by Crippen LogP contribution is -2.23. The number of nitrogens with zero attached hydrogens (tertiary/aromatic N) is 3. The topological polar surface area (TPSA) is 107 Å². The fourth-order valence-electron chi connectivity index (χ4n) is 2.72. The van der Waals surface area contributed by atoms with E-state index >= 15 is 0 Å². The van der Waals surface area contributed by atoms with Crippen LogP contribution in [0, 0.1) is 0 Å². The summed E-state index contributed by atoms with van der Waals surface area (Å²) in [5, 5.41) is 9.03. The molecule has 0 fully saturated rings. The zero-order chi connectivity index (χ0) is 17.4. The Morgan fingerprint density at radius 2 is 1.88 bits per heavy atom. The normalized spacial score (nSPS) is 10.9. The number of amides is 1. The van der Waals surface area contributed by atoms with E-state index in [-0.39, 0.29) is 5.56 Å². The van der Waals surface area contributed by atoms with Crippen molar-refractivity contribution in [2.75, 3.05) is 0 Å². The van der Waals surface area contributed by atoms with Crippen molar-refractivity contribution in [1.29, 1.82) is 0 Å².